The minimum absolute atomic E-state index is 0.00941. The molecular formula is C47H87N2O6P. The second-order valence-corrected chi connectivity index (χ2v) is 17.8. The van der Waals surface area contributed by atoms with Crippen LogP contribution in [0.1, 0.15) is 181 Å². The van der Waals surface area contributed by atoms with Crippen molar-refractivity contribution in [3.05, 3.63) is 60.8 Å². The van der Waals surface area contributed by atoms with Gasteiger partial charge >= 0.3 is 0 Å². The number of quaternary nitrogens is 1. The zero-order valence-corrected chi connectivity index (χ0v) is 37.7. The molecule has 0 aromatic rings. The van der Waals surface area contributed by atoms with Crippen molar-refractivity contribution >= 4 is 13.7 Å². The van der Waals surface area contributed by atoms with Crippen LogP contribution in [0, 0.1) is 0 Å². The van der Waals surface area contributed by atoms with Gasteiger partial charge in [-0.1, -0.05) is 171 Å². The van der Waals surface area contributed by atoms with Gasteiger partial charge in [-0.3, -0.25) is 9.36 Å². The summed E-state index contributed by atoms with van der Waals surface area (Å²) >= 11 is 0. The Morgan fingerprint density at radius 3 is 1.62 bits per heavy atom. The van der Waals surface area contributed by atoms with E-state index in [4.69, 9.17) is 9.05 Å². The van der Waals surface area contributed by atoms with E-state index in [1.807, 2.05) is 27.2 Å². The fourth-order valence-corrected chi connectivity index (χ4v) is 6.79. The summed E-state index contributed by atoms with van der Waals surface area (Å²) in [5, 5.41) is 13.6. The second-order valence-electron chi connectivity index (χ2n) is 16.4. The number of carbonyl (C=O) groups excluding carboxylic acids is 1. The summed E-state index contributed by atoms with van der Waals surface area (Å²) in [5.74, 6) is -0.217. The number of nitrogens with one attached hydrogen (secondary N) is 1. The van der Waals surface area contributed by atoms with E-state index in [-0.39, 0.29) is 12.5 Å². The Bertz CT molecular complexity index is 1100. The number of phosphoric acid groups is 1. The molecule has 0 spiro atoms. The van der Waals surface area contributed by atoms with Gasteiger partial charge in [-0.05, 0) is 64.2 Å². The number of phosphoric ester groups is 1. The Balaban J connectivity index is 4.09. The minimum atomic E-state index is -4.59. The Morgan fingerprint density at radius 2 is 1.09 bits per heavy atom. The lowest BCUT2D eigenvalue weighted by Gasteiger charge is -2.29. The van der Waals surface area contributed by atoms with E-state index in [1.54, 1.807) is 6.08 Å². The van der Waals surface area contributed by atoms with Crippen molar-refractivity contribution in [1.82, 2.24) is 5.32 Å². The molecule has 0 aromatic carbocycles. The van der Waals surface area contributed by atoms with E-state index < -0.39 is 26.6 Å². The molecule has 0 bridgehead atoms. The molecule has 56 heavy (non-hydrogen) atoms. The number of rotatable bonds is 40. The third-order valence-electron chi connectivity index (χ3n) is 9.68. The summed E-state index contributed by atoms with van der Waals surface area (Å²) < 4.78 is 23.0. The summed E-state index contributed by atoms with van der Waals surface area (Å²) in [6, 6.07) is -0.903. The van der Waals surface area contributed by atoms with E-state index in [9.17, 15) is 19.4 Å². The average Bonchev–Trinajstić information content (AvgIpc) is 3.15. The maximum absolute atomic E-state index is 12.8. The number of hydrogen-bond acceptors (Lipinski definition) is 6. The van der Waals surface area contributed by atoms with Gasteiger partial charge in [0.2, 0.25) is 5.91 Å². The molecule has 8 nitrogen and oxygen atoms in total. The molecule has 3 unspecified atom stereocenters. The van der Waals surface area contributed by atoms with E-state index >= 15 is 0 Å². The third kappa shape index (κ3) is 40.4. The SMILES string of the molecule is CCC/C=C/CC/C=C/C(O)C(COP(=O)([O-])OCC[N+](C)(C)C)NC(=O)CCCCCCCCCCCCCC/C=C\C/C=C\C/C=C\CCCCCCC. The van der Waals surface area contributed by atoms with Crippen LogP contribution in [0.5, 0.6) is 0 Å². The highest BCUT2D eigenvalue weighted by Gasteiger charge is 2.23. The van der Waals surface area contributed by atoms with Gasteiger partial charge in [-0.15, -0.1) is 0 Å². The molecule has 9 heteroatoms. The molecule has 0 aliphatic carbocycles. The number of aliphatic hydroxyl groups is 1. The van der Waals surface area contributed by atoms with Crippen LogP contribution >= 0.6 is 7.82 Å². The first-order valence-corrected chi connectivity index (χ1v) is 24.1. The van der Waals surface area contributed by atoms with E-state index in [0.29, 0.717) is 17.4 Å². The monoisotopic (exact) mass is 807 g/mol. The van der Waals surface area contributed by atoms with Crippen LogP contribution in [0.25, 0.3) is 0 Å². The lowest BCUT2D eigenvalue weighted by Crippen LogP contribution is -2.45. The first-order chi connectivity index (χ1) is 27.0. The van der Waals surface area contributed by atoms with Gasteiger partial charge in [-0.2, -0.15) is 0 Å². The number of unbranched alkanes of at least 4 members (excludes halogenated alkanes) is 19. The van der Waals surface area contributed by atoms with Crippen molar-refractivity contribution in [2.75, 3.05) is 40.9 Å². The lowest BCUT2D eigenvalue weighted by atomic mass is 10.0. The van der Waals surface area contributed by atoms with Crippen molar-refractivity contribution in [1.29, 1.82) is 0 Å². The number of amides is 1. The van der Waals surface area contributed by atoms with Crippen LogP contribution in [-0.2, 0) is 18.4 Å². The Kier molecular flexibility index (Phi) is 37.5. The van der Waals surface area contributed by atoms with Crippen LogP contribution in [0.2, 0.25) is 0 Å². The minimum Gasteiger partial charge on any atom is -0.756 e. The van der Waals surface area contributed by atoms with Crippen molar-refractivity contribution in [2.24, 2.45) is 0 Å². The summed E-state index contributed by atoms with van der Waals surface area (Å²) in [7, 11) is 1.23. The predicted octanol–water partition coefficient (Wildman–Crippen LogP) is 12.0. The topological polar surface area (TPSA) is 108 Å². The zero-order valence-electron chi connectivity index (χ0n) is 36.8. The number of carbonyl (C=O) groups is 1. The summed E-state index contributed by atoms with van der Waals surface area (Å²) in [5.41, 5.74) is 0. The molecule has 0 radical (unpaired) electrons. The number of aliphatic hydroxyl groups excluding tert-OH is 1. The first kappa shape index (κ1) is 54.2. The summed E-state index contributed by atoms with van der Waals surface area (Å²) in [4.78, 5) is 25.2. The third-order valence-corrected chi connectivity index (χ3v) is 10.6. The Labute approximate surface area is 345 Å². The molecule has 1 amide bonds. The number of hydrogen-bond donors (Lipinski definition) is 2. The fourth-order valence-electron chi connectivity index (χ4n) is 6.06. The van der Waals surface area contributed by atoms with Gasteiger partial charge < -0.3 is 28.8 Å². The van der Waals surface area contributed by atoms with Gasteiger partial charge in [0.1, 0.15) is 13.2 Å². The summed E-state index contributed by atoms with van der Waals surface area (Å²) in [6.07, 6.45) is 50.2. The molecular weight excluding hydrogens is 719 g/mol. The zero-order chi connectivity index (χ0) is 41.4. The van der Waals surface area contributed by atoms with Crippen molar-refractivity contribution in [2.45, 2.75) is 193 Å². The standard InChI is InChI=1S/C47H87N2O6P/c1-6-8-10-12-14-15-16-17-18-19-20-21-22-23-24-25-26-27-28-29-30-31-32-33-35-37-39-41-47(51)48-45(46(50)40-38-36-34-13-11-9-7-2)44-55-56(52,53)54-43-42-49(3,4)5/h11,13,16-17,19-20,22-23,38,40,45-46,50H,6-10,12,14-15,18,21,24-37,39,41-44H2,1-5H3,(H-,48,51,52,53)/b13-11+,17-16-,20-19-,23-22-,40-38+. The van der Waals surface area contributed by atoms with Gasteiger partial charge in [0, 0.05) is 6.42 Å². The fraction of sp³-hybridized carbons (Fsp3) is 0.766. The maximum Gasteiger partial charge on any atom is 0.268 e. The lowest BCUT2D eigenvalue weighted by molar-refractivity contribution is -0.870. The molecule has 0 rings (SSSR count). The maximum atomic E-state index is 12.8. The highest BCUT2D eigenvalue weighted by Crippen LogP contribution is 2.38. The van der Waals surface area contributed by atoms with E-state index in [1.165, 1.54) is 103 Å². The van der Waals surface area contributed by atoms with E-state index in [0.717, 1.165) is 57.8 Å². The molecule has 2 N–H and O–H groups in total. The van der Waals surface area contributed by atoms with Crippen molar-refractivity contribution in [3.8, 4) is 0 Å². The number of nitrogens with zero attached hydrogens (tertiary/aromatic N) is 1. The first-order valence-electron chi connectivity index (χ1n) is 22.7. The van der Waals surface area contributed by atoms with Crippen LogP contribution in [0.4, 0.5) is 0 Å². The predicted molar refractivity (Wildman–Crippen MR) is 237 cm³/mol. The average molecular weight is 807 g/mol. The molecule has 3 atom stereocenters. The van der Waals surface area contributed by atoms with Gasteiger partial charge in [0.05, 0.1) is 39.9 Å². The molecule has 326 valence electrons. The normalized spacial score (nSPS) is 14.9. The molecule has 0 aromatic heterocycles. The Hall–Kier alpha value is -1.80. The Morgan fingerprint density at radius 1 is 0.625 bits per heavy atom. The van der Waals surface area contributed by atoms with Gasteiger partial charge in [-0.25, -0.2) is 0 Å². The van der Waals surface area contributed by atoms with Crippen molar-refractivity contribution < 1.29 is 32.9 Å². The van der Waals surface area contributed by atoms with Crippen LogP contribution in [0.3, 0.4) is 0 Å². The van der Waals surface area contributed by atoms with Crippen LogP contribution in [-0.4, -0.2) is 68.5 Å². The van der Waals surface area contributed by atoms with Crippen LogP contribution < -0.4 is 10.2 Å². The van der Waals surface area contributed by atoms with Gasteiger partial charge in [0.15, 0.2) is 0 Å². The molecule has 0 aliphatic heterocycles. The number of likely N-dealkylation sites (N-methyl/N-ethyl adjacent to an activating group) is 1. The quantitative estimate of drug-likeness (QED) is 0.0276. The number of allylic oxidation sites excluding steroid dienone is 9. The van der Waals surface area contributed by atoms with E-state index in [2.05, 4.69) is 67.8 Å². The second kappa shape index (κ2) is 38.7. The largest absolute Gasteiger partial charge is 0.756 e. The smallest absolute Gasteiger partial charge is 0.268 e. The molecule has 0 heterocycles. The molecule has 0 aliphatic rings. The van der Waals surface area contributed by atoms with Crippen LogP contribution in [0.15, 0.2) is 60.8 Å². The highest BCUT2D eigenvalue weighted by atomic mass is 31.2. The summed E-state index contributed by atoms with van der Waals surface area (Å²) in [6.45, 7) is 4.48. The molecule has 0 saturated carbocycles. The highest BCUT2D eigenvalue weighted by molar-refractivity contribution is 7.45. The van der Waals surface area contributed by atoms with Gasteiger partial charge in [0.25, 0.3) is 7.82 Å². The van der Waals surface area contributed by atoms with Crippen molar-refractivity contribution in [3.63, 3.8) is 0 Å². The molecule has 0 saturated heterocycles. The molecule has 0 fully saturated rings.